The first-order chi connectivity index (χ1) is 13.0. The average molecular weight is 385 g/mol. The first-order valence-electron chi connectivity index (χ1n) is 8.25. The molecule has 2 aromatic carbocycles. The van der Waals surface area contributed by atoms with Gasteiger partial charge in [-0.2, -0.15) is 4.98 Å². The van der Waals surface area contributed by atoms with Crippen molar-refractivity contribution in [3.63, 3.8) is 0 Å². The summed E-state index contributed by atoms with van der Waals surface area (Å²) in [6.45, 7) is 2.36. The number of rotatable bonds is 6. The Bertz CT molecular complexity index is 936. The van der Waals surface area contributed by atoms with Gasteiger partial charge in [0.15, 0.2) is 5.82 Å². The molecule has 27 heavy (non-hydrogen) atoms. The van der Waals surface area contributed by atoms with E-state index in [0.717, 1.165) is 5.56 Å². The molecule has 7 nitrogen and oxygen atoms in total. The summed E-state index contributed by atoms with van der Waals surface area (Å²) in [6.07, 6.45) is 0. The number of aryl methyl sites for hydroxylation is 1. The van der Waals surface area contributed by atoms with Crippen LogP contribution in [0.25, 0.3) is 11.5 Å². The molecule has 1 aromatic heterocycles. The van der Waals surface area contributed by atoms with E-state index in [1.54, 1.807) is 55.5 Å². The van der Waals surface area contributed by atoms with E-state index >= 15 is 0 Å². The Labute approximate surface area is 160 Å². The topological polar surface area (TPSA) is 97.1 Å². The van der Waals surface area contributed by atoms with Gasteiger partial charge in [-0.15, -0.1) is 0 Å². The number of benzene rings is 2. The quantitative estimate of drug-likeness (QED) is 0.637. The molecule has 3 aromatic rings. The lowest BCUT2D eigenvalue weighted by Crippen LogP contribution is -2.34. The zero-order valence-corrected chi connectivity index (χ0v) is 15.3. The summed E-state index contributed by atoms with van der Waals surface area (Å²) in [5.41, 5.74) is 1.75. The second kappa shape index (κ2) is 8.46. The van der Waals surface area contributed by atoms with Crippen LogP contribution in [-0.4, -0.2) is 35.0 Å². The van der Waals surface area contributed by atoms with Crippen LogP contribution in [0.15, 0.2) is 53.1 Å². The highest BCUT2D eigenvalue weighted by Crippen LogP contribution is 2.17. The maximum Gasteiger partial charge on any atom is 0.257 e. The number of amides is 2. The number of halogens is 1. The standard InChI is InChI=1S/C19H17ClN4O3/c1-12-23-19(27-24-12)15-4-2-13(3-5-15)17(25)21-10-11-22-18(26)14-6-8-16(20)9-7-14/h2-9H,10-11H2,1H3,(H,21,25)(H,22,26). The minimum atomic E-state index is -0.232. The lowest BCUT2D eigenvalue weighted by molar-refractivity contribution is 0.0927. The van der Waals surface area contributed by atoms with E-state index in [4.69, 9.17) is 16.1 Å². The fourth-order valence-electron chi connectivity index (χ4n) is 2.34. The molecule has 0 aliphatic rings. The Morgan fingerprint density at radius 1 is 0.926 bits per heavy atom. The van der Waals surface area contributed by atoms with Crippen molar-refractivity contribution in [1.29, 1.82) is 0 Å². The summed E-state index contributed by atoms with van der Waals surface area (Å²) < 4.78 is 5.09. The SMILES string of the molecule is Cc1noc(-c2ccc(C(=O)NCCNC(=O)c3ccc(Cl)cc3)cc2)n1. The van der Waals surface area contributed by atoms with Gasteiger partial charge in [0.05, 0.1) is 0 Å². The number of aromatic nitrogens is 2. The van der Waals surface area contributed by atoms with Gasteiger partial charge >= 0.3 is 0 Å². The van der Waals surface area contributed by atoms with Gasteiger partial charge in [-0.3, -0.25) is 9.59 Å². The Balaban J connectivity index is 1.46. The summed E-state index contributed by atoms with van der Waals surface area (Å²) in [5.74, 6) is 0.501. The number of hydrogen-bond donors (Lipinski definition) is 2. The number of nitrogens with zero attached hydrogens (tertiary/aromatic N) is 2. The lowest BCUT2D eigenvalue weighted by Gasteiger charge is -2.07. The number of nitrogens with one attached hydrogen (secondary N) is 2. The summed E-state index contributed by atoms with van der Waals surface area (Å²) in [4.78, 5) is 28.3. The predicted molar refractivity (Wildman–Crippen MR) is 101 cm³/mol. The molecular formula is C19H17ClN4O3. The zero-order valence-electron chi connectivity index (χ0n) is 14.5. The lowest BCUT2D eigenvalue weighted by atomic mass is 10.1. The molecule has 0 spiro atoms. The molecular weight excluding hydrogens is 368 g/mol. The van der Waals surface area contributed by atoms with E-state index in [-0.39, 0.29) is 11.8 Å². The van der Waals surface area contributed by atoms with Crippen molar-refractivity contribution >= 4 is 23.4 Å². The molecule has 0 aliphatic heterocycles. The van der Waals surface area contributed by atoms with Crippen LogP contribution in [0.4, 0.5) is 0 Å². The van der Waals surface area contributed by atoms with Gasteiger partial charge in [-0.25, -0.2) is 0 Å². The normalized spacial score (nSPS) is 10.4. The van der Waals surface area contributed by atoms with E-state index in [9.17, 15) is 9.59 Å². The molecule has 0 saturated carbocycles. The number of hydrogen-bond acceptors (Lipinski definition) is 5. The Hall–Kier alpha value is -3.19. The molecule has 0 fully saturated rings. The maximum absolute atomic E-state index is 12.2. The van der Waals surface area contributed by atoms with Gasteiger partial charge in [0.25, 0.3) is 17.7 Å². The highest BCUT2D eigenvalue weighted by atomic mass is 35.5. The summed E-state index contributed by atoms with van der Waals surface area (Å²) in [7, 11) is 0. The molecule has 0 radical (unpaired) electrons. The fraction of sp³-hybridized carbons (Fsp3) is 0.158. The molecule has 0 saturated heterocycles. The van der Waals surface area contributed by atoms with Crippen molar-refractivity contribution in [2.45, 2.75) is 6.92 Å². The third-order valence-electron chi connectivity index (χ3n) is 3.72. The summed E-state index contributed by atoms with van der Waals surface area (Å²) in [5, 5.41) is 9.79. The van der Waals surface area contributed by atoms with Crippen LogP contribution in [0.2, 0.25) is 5.02 Å². The zero-order chi connectivity index (χ0) is 19.2. The van der Waals surface area contributed by atoms with Crippen molar-refractivity contribution in [3.8, 4) is 11.5 Å². The van der Waals surface area contributed by atoms with Gasteiger partial charge in [0.2, 0.25) is 0 Å². The molecule has 0 bridgehead atoms. The second-order valence-corrected chi connectivity index (χ2v) is 6.18. The largest absolute Gasteiger partial charge is 0.350 e. The Morgan fingerprint density at radius 2 is 1.44 bits per heavy atom. The van der Waals surface area contributed by atoms with E-state index in [2.05, 4.69) is 20.8 Å². The molecule has 0 aliphatic carbocycles. The first kappa shape index (κ1) is 18.6. The van der Waals surface area contributed by atoms with E-state index in [0.29, 0.717) is 41.0 Å². The van der Waals surface area contributed by atoms with E-state index in [1.165, 1.54) is 0 Å². The van der Waals surface area contributed by atoms with Gasteiger partial charge in [0, 0.05) is 34.8 Å². The Morgan fingerprint density at radius 3 is 1.93 bits per heavy atom. The van der Waals surface area contributed by atoms with Crippen LogP contribution >= 0.6 is 11.6 Å². The van der Waals surface area contributed by atoms with Crippen LogP contribution in [-0.2, 0) is 0 Å². The minimum absolute atomic E-state index is 0.222. The molecule has 138 valence electrons. The Kier molecular flexibility index (Phi) is 5.83. The molecule has 3 rings (SSSR count). The molecule has 0 unspecified atom stereocenters. The highest BCUT2D eigenvalue weighted by molar-refractivity contribution is 6.30. The third kappa shape index (κ3) is 4.92. The van der Waals surface area contributed by atoms with Crippen molar-refractivity contribution < 1.29 is 14.1 Å². The first-order valence-corrected chi connectivity index (χ1v) is 8.63. The molecule has 0 atom stereocenters. The van der Waals surface area contributed by atoms with Gasteiger partial charge < -0.3 is 15.2 Å². The van der Waals surface area contributed by atoms with Crippen molar-refractivity contribution in [2.75, 3.05) is 13.1 Å². The maximum atomic E-state index is 12.2. The van der Waals surface area contributed by atoms with Crippen LogP contribution < -0.4 is 10.6 Å². The van der Waals surface area contributed by atoms with Crippen LogP contribution in [0.3, 0.4) is 0 Å². The summed E-state index contributed by atoms with van der Waals surface area (Å²) in [6, 6.07) is 13.4. The molecule has 2 N–H and O–H groups in total. The van der Waals surface area contributed by atoms with Crippen LogP contribution in [0.1, 0.15) is 26.5 Å². The smallest absolute Gasteiger partial charge is 0.257 e. The van der Waals surface area contributed by atoms with E-state index in [1.807, 2.05) is 0 Å². The summed E-state index contributed by atoms with van der Waals surface area (Å²) >= 11 is 5.79. The third-order valence-corrected chi connectivity index (χ3v) is 3.98. The number of carbonyl (C=O) groups excluding carboxylic acids is 2. The molecule has 8 heteroatoms. The molecule has 2 amide bonds. The van der Waals surface area contributed by atoms with Crippen LogP contribution in [0.5, 0.6) is 0 Å². The number of carbonyl (C=O) groups is 2. The van der Waals surface area contributed by atoms with Crippen molar-refractivity contribution in [3.05, 3.63) is 70.5 Å². The van der Waals surface area contributed by atoms with Gasteiger partial charge in [0.1, 0.15) is 0 Å². The molecule has 1 heterocycles. The van der Waals surface area contributed by atoms with Gasteiger partial charge in [-0.05, 0) is 55.5 Å². The average Bonchev–Trinajstić information content (AvgIpc) is 3.12. The van der Waals surface area contributed by atoms with Gasteiger partial charge in [-0.1, -0.05) is 16.8 Å². The van der Waals surface area contributed by atoms with E-state index < -0.39 is 0 Å². The van der Waals surface area contributed by atoms with Crippen LogP contribution in [0, 0.1) is 6.92 Å². The fourth-order valence-corrected chi connectivity index (χ4v) is 2.46. The minimum Gasteiger partial charge on any atom is -0.350 e. The second-order valence-electron chi connectivity index (χ2n) is 5.74. The van der Waals surface area contributed by atoms with Crippen molar-refractivity contribution in [1.82, 2.24) is 20.8 Å². The highest BCUT2D eigenvalue weighted by Gasteiger charge is 2.09. The predicted octanol–water partition coefficient (Wildman–Crippen LogP) is 2.86. The van der Waals surface area contributed by atoms with Crippen molar-refractivity contribution in [2.24, 2.45) is 0 Å². The monoisotopic (exact) mass is 384 g/mol.